The molecule has 120 valence electrons. The summed E-state index contributed by atoms with van der Waals surface area (Å²) in [4.78, 5) is 17.0. The number of halogens is 1. The van der Waals surface area contributed by atoms with Crippen LogP contribution in [0, 0.1) is 0 Å². The number of carbonyl (C=O) groups is 1. The van der Waals surface area contributed by atoms with Gasteiger partial charge in [0.05, 0.1) is 5.54 Å². The summed E-state index contributed by atoms with van der Waals surface area (Å²) < 4.78 is 0. The Morgan fingerprint density at radius 3 is 2.18 bits per heavy atom. The number of hydrogen-bond donors (Lipinski definition) is 1. The molecule has 3 rings (SSSR count). The average Bonchev–Trinajstić information content (AvgIpc) is 2.56. The van der Waals surface area contributed by atoms with Gasteiger partial charge in [-0.25, -0.2) is 0 Å². The smallest absolute Gasteiger partial charge is 0.242 e. The van der Waals surface area contributed by atoms with E-state index in [-0.39, 0.29) is 5.91 Å². The first-order valence-electron chi connectivity index (χ1n) is 8.17. The predicted octanol–water partition coefficient (Wildman–Crippen LogP) is 2.65. The van der Waals surface area contributed by atoms with Crippen molar-refractivity contribution in [3.8, 4) is 0 Å². The van der Waals surface area contributed by atoms with Gasteiger partial charge in [-0.15, -0.1) is 0 Å². The highest BCUT2D eigenvalue weighted by atomic mass is 35.5. The van der Waals surface area contributed by atoms with Crippen LogP contribution in [0.4, 0.5) is 5.69 Å². The Kier molecular flexibility index (Phi) is 4.59. The number of nitrogens with zero attached hydrogens (tertiary/aromatic N) is 2. The molecular formula is C17H24ClN3O. The Bertz CT molecular complexity index is 517. The summed E-state index contributed by atoms with van der Waals surface area (Å²) in [5.41, 5.74) is 6.93. The molecule has 1 amide bonds. The molecule has 2 fully saturated rings. The third-order valence-electron chi connectivity index (χ3n) is 4.93. The highest BCUT2D eigenvalue weighted by molar-refractivity contribution is 6.30. The van der Waals surface area contributed by atoms with Gasteiger partial charge in [0.1, 0.15) is 0 Å². The van der Waals surface area contributed by atoms with E-state index in [2.05, 4.69) is 4.90 Å². The van der Waals surface area contributed by atoms with Crippen LogP contribution in [0.3, 0.4) is 0 Å². The molecule has 1 saturated carbocycles. The summed E-state index contributed by atoms with van der Waals surface area (Å²) in [7, 11) is 0. The molecular weight excluding hydrogens is 298 g/mol. The van der Waals surface area contributed by atoms with Crippen molar-refractivity contribution in [2.75, 3.05) is 31.1 Å². The second kappa shape index (κ2) is 6.47. The lowest BCUT2D eigenvalue weighted by atomic mass is 9.81. The Morgan fingerprint density at radius 1 is 1.00 bits per heavy atom. The lowest BCUT2D eigenvalue weighted by Gasteiger charge is -2.41. The number of carbonyl (C=O) groups excluding carboxylic acids is 1. The molecule has 0 atom stereocenters. The first-order chi connectivity index (χ1) is 10.6. The number of rotatable bonds is 2. The molecule has 2 N–H and O–H groups in total. The molecule has 1 aromatic rings. The van der Waals surface area contributed by atoms with Crippen LogP contribution in [0.1, 0.15) is 32.1 Å². The van der Waals surface area contributed by atoms with Crippen molar-refractivity contribution >= 4 is 23.2 Å². The van der Waals surface area contributed by atoms with E-state index in [1.165, 1.54) is 6.42 Å². The van der Waals surface area contributed by atoms with Gasteiger partial charge in [-0.2, -0.15) is 0 Å². The number of piperazine rings is 1. The largest absolute Gasteiger partial charge is 0.368 e. The summed E-state index contributed by atoms with van der Waals surface area (Å²) in [5, 5.41) is 0.750. The van der Waals surface area contributed by atoms with E-state index in [4.69, 9.17) is 17.3 Å². The molecule has 2 aliphatic rings. The molecule has 0 spiro atoms. The van der Waals surface area contributed by atoms with Crippen molar-refractivity contribution in [3.63, 3.8) is 0 Å². The van der Waals surface area contributed by atoms with E-state index in [1.807, 2.05) is 29.2 Å². The second-order valence-corrected chi connectivity index (χ2v) is 6.91. The van der Waals surface area contributed by atoms with E-state index in [0.29, 0.717) is 0 Å². The molecule has 0 aromatic heterocycles. The van der Waals surface area contributed by atoms with Crippen LogP contribution in [0.15, 0.2) is 24.3 Å². The quantitative estimate of drug-likeness (QED) is 0.911. The van der Waals surface area contributed by atoms with Gasteiger partial charge in [-0.05, 0) is 37.1 Å². The first-order valence-corrected chi connectivity index (χ1v) is 8.55. The fraction of sp³-hybridized carbons (Fsp3) is 0.588. The standard InChI is InChI=1S/C17H24ClN3O/c18-14-4-6-15(7-5-14)20-10-12-21(13-11-20)16(22)17(19)8-2-1-3-9-17/h4-7H,1-3,8-13,19H2. The molecule has 0 unspecified atom stereocenters. The molecule has 0 bridgehead atoms. The van der Waals surface area contributed by atoms with Gasteiger partial charge < -0.3 is 15.5 Å². The summed E-state index contributed by atoms with van der Waals surface area (Å²) in [6.45, 7) is 3.20. The van der Waals surface area contributed by atoms with Gasteiger partial charge in [0.25, 0.3) is 0 Å². The molecule has 1 aromatic carbocycles. The Balaban J connectivity index is 1.59. The third-order valence-corrected chi connectivity index (χ3v) is 5.18. The van der Waals surface area contributed by atoms with Crippen LogP contribution >= 0.6 is 11.6 Å². The van der Waals surface area contributed by atoms with Crippen LogP contribution in [0.5, 0.6) is 0 Å². The maximum atomic E-state index is 12.7. The van der Waals surface area contributed by atoms with Crippen LogP contribution in [-0.4, -0.2) is 42.5 Å². The zero-order chi connectivity index (χ0) is 15.6. The number of amides is 1. The van der Waals surface area contributed by atoms with Crippen LogP contribution in [-0.2, 0) is 4.79 Å². The van der Waals surface area contributed by atoms with Crippen LogP contribution in [0.2, 0.25) is 5.02 Å². The van der Waals surface area contributed by atoms with E-state index in [0.717, 1.165) is 62.6 Å². The number of benzene rings is 1. The van der Waals surface area contributed by atoms with Gasteiger partial charge in [0.2, 0.25) is 5.91 Å². The second-order valence-electron chi connectivity index (χ2n) is 6.47. The van der Waals surface area contributed by atoms with Crippen molar-refractivity contribution < 1.29 is 4.79 Å². The summed E-state index contributed by atoms with van der Waals surface area (Å²) in [6, 6.07) is 7.88. The van der Waals surface area contributed by atoms with Crippen molar-refractivity contribution in [2.24, 2.45) is 5.73 Å². The lowest BCUT2D eigenvalue weighted by molar-refractivity contribution is -0.138. The van der Waals surface area contributed by atoms with Crippen molar-refractivity contribution in [3.05, 3.63) is 29.3 Å². The summed E-state index contributed by atoms with van der Waals surface area (Å²) >= 11 is 5.93. The molecule has 1 heterocycles. The first kappa shape index (κ1) is 15.6. The van der Waals surface area contributed by atoms with Gasteiger partial charge in [0, 0.05) is 36.9 Å². The fourth-order valence-corrected chi connectivity index (χ4v) is 3.66. The van der Waals surface area contributed by atoms with Gasteiger partial charge in [-0.3, -0.25) is 4.79 Å². The third kappa shape index (κ3) is 3.23. The maximum absolute atomic E-state index is 12.7. The van der Waals surface area contributed by atoms with Gasteiger partial charge in [-0.1, -0.05) is 30.9 Å². The van der Waals surface area contributed by atoms with Gasteiger partial charge in [0.15, 0.2) is 0 Å². The molecule has 1 aliphatic carbocycles. The molecule has 4 nitrogen and oxygen atoms in total. The van der Waals surface area contributed by atoms with Crippen molar-refractivity contribution in [2.45, 2.75) is 37.6 Å². The van der Waals surface area contributed by atoms with E-state index < -0.39 is 5.54 Å². The SMILES string of the molecule is NC1(C(=O)N2CCN(c3ccc(Cl)cc3)CC2)CCCCC1. The zero-order valence-corrected chi connectivity index (χ0v) is 13.7. The topological polar surface area (TPSA) is 49.6 Å². The van der Waals surface area contributed by atoms with Crippen LogP contribution in [0.25, 0.3) is 0 Å². The van der Waals surface area contributed by atoms with E-state index >= 15 is 0 Å². The van der Waals surface area contributed by atoms with E-state index in [1.54, 1.807) is 0 Å². The maximum Gasteiger partial charge on any atom is 0.242 e. The fourth-order valence-electron chi connectivity index (χ4n) is 3.53. The Hall–Kier alpha value is -1.26. The van der Waals surface area contributed by atoms with Crippen molar-refractivity contribution in [1.82, 2.24) is 4.90 Å². The number of hydrogen-bond acceptors (Lipinski definition) is 3. The average molecular weight is 322 g/mol. The highest BCUT2D eigenvalue weighted by Crippen LogP contribution is 2.28. The van der Waals surface area contributed by atoms with E-state index in [9.17, 15) is 4.79 Å². The Labute approximate surface area is 137 Å². The minimum absolute atomic E-state index is 0.156. The zero-order valence-electron chi connectivity index (χ0n) is 12.9. The van der Waals surface area contributed by atoms with Gasteiger partial charge >= 0.3 is 0 Å². The lowest BCUT2D eigenvalue weighted by Crippen LogP contribution is -2.60. The molecule has 22 heavy (non-hydrogen) atoms. The predicted molar refractivity (Wildman–Crippen MR) is 90.2 cm³/mol. The molecule has 1 aliphatic heterocycles. The number of anilines is 1. The Morgan fingerprint density at radius 2 is 1.59 bits per heavy atom. The molecule has 1 saturated heterocycles. The molecule has 5 heteroatoms. The minimum Gasteiger partial charge on any atom is -0.368 e. The van der Waals surface area contributed by atoms with Crippen LogP contribution < -0.4 is 10.6 Å². The minimum atomic E-state index is -0.610. The normalized spacial score (nSPS) is 21.7. The van der Waals surface area contributed by atoms with Crippen molar-refractivity contribution in [1.29, 1.82) is 0 Å². The molecule has 0 radical (unpaired) electrons. The highest BCUT2D eigenvalue weighted by Gasteiger charge is 2.39. The summed E-state index contributed by atoms with van der Waals surface area (Å²) in [6.07, 6.45) is 5.03. The monoisotopic (exact) mass is 321 g/mol. The summed E-state index contributed by atoms with van der Waals surface area (Å²) in [5.74, 6) is 0.156. The number of nitrogens with two attached hydrogens (primary N) is 1.